The molecule has 116 heavy (non-hydrogen) atoms. The summed E-state index contributed by atoms with van der Waals surface area (Å²) in [5.41, 5.74) is 13.6. The van der Waals surface area contributed by atoms with Crippen molar-refractivity contribution in [3.05, 3.63) is 129 Å². The number of rotatable bonds is 62. The van der Waals surface area contributed by atoms with Gasteiger partial charge in [0.15, 0.2) is 0 Å². The quantitative estimate of drug-likeness (QED) is 0.0282. The van der Waals surface area contributed by atoms with Gasteiger partial charge in [0.25, 0.3) is 11.8 Å². The van der Waals surface area contributed by atoms with Gasteiger partial charge in [-0.15, -0.1) is 68.0 Å². The minimum atomic E-state index is 0.0237. The Morgan fingerprint density at radius 3 is 0.948 bits per heavy atom. The zero-order valence-electron chi connectivity index (χ0n) is 74.6. The molecule has 0 fully saturated rings. The van der Waals surface area contributed by atoms with Gasteiger partial charge in [-0.1, -0.05) is 336 Å². The van der Waals surface area contributed by atoms with Gasteiger partial charge in [0.1, 0.15) is 0 Å². The standard InChI is InChI=1S/C106H154N2O2S6/c1-11-19-27-35-41-49-57-81(55-47-33-25-17-7)77-107-90-71-79(9)63-65-88(90)99(105(107)109)100-89-66-64-83(73-91(89)108(106(100)110)78-82(56-48-34-26-18-8)58-50-42-36-28-20-12-2)96-74-85(60-52-44-38-30-22-14-4)104(114-96)98-76-87(62-54-46-40-32-24-16-6)102(116-98)95-70-68-93(113-95)92-67-69-94(112-92)101-86(61-53-45-39-31-23-15-5)75-97(115-101)103-84(72-80(10)111-103)59-51-43-37-29-21-13-3/h63-76,81-82H,11-62,77-78H2,1-10H3/b100-99+. The summed E-state index contributed by atoms with van der Waals surface area (Å²) in [5.74, 6) is 0.841. The summed E-state index contributed by atoms with van der Waals surface area (Å²) < 4.78 is 0. The topological polar surface area (TPSA) is 40.6 Å². The molecule has 10 heteroatoms. The van der Waals surface area contributed by atoms with Crippen LogP contribution in [0, 0.1) is 25.7 Å². The average molecular weight is 1680 g/mol. The fraction of sp³-hybridized carbons (Fsp3) is 0.623. The smallest absolute Gasteiger partial charge is 0.259 e. The van der Waals surface area contributed by atoms with Gasteiger partial charge < -0.3 is 9.80 Å². The number of carbonyl (C=O) groups excluding carboxylic acids is 2. The van der Waals surface area contributed by atoms with Crippen LogP contribution in [0.2, 0.25) is 0 Å². The van der Waals surface area contributed by atoms with Crippen molar-refractivity contribution in [2.75, 3.05) is 22.9 Å². The van der Waals surface area contributed by atoms with E-state index >= 15 is 9.59 Å². The van der Waals surface area contributed by atoms with Gasteiger partial charge in [-0.05, 0) is 197 Å². The molecule has 0 aliphatic carbocycles. The summed E-state index contributed by atoms with van der Waals surface area (Å²) in [6.07, 6.45) is 65.3. The van der Waals surface area contributed by atoms with Crippen LogP contribution in [-0.2, 0) is 35.3 Å². The third kappa shape index (κ3) is 27.7. The number of hydrogen-bond acceptors (Lipinski definition) is 8. The van der Waals surface area contributed by atoms with Crippen LogP contribution in [0.1, 0.15) is 407 Å². The molecule has 0 saturated carbocycles. The Morgan fingerprint density at radius 1 is 0.267 bits per heavy atom. The lowest BCUT2D eigenvalue weighted by Gasteiger charge is -2.25. The Balaban J connectivity index is 1.02. The van der Waals surface area contributed by atoms with E-state index in [1.54, 1.807) is 11.1 Å². The van der Waals surface area contributed by atoms with E-state index in [0.717, 1.165) is 73.0 Å². The lowest BCUT2D eigenvalue weighted by atomic mass is 9.93. The molecule has 0 bridgehead atoms. The first-order valence-electron chi connectivity index (χ1n) is 48.3. The molecule has 2 unspecified atom stereocenters. The summed E-state index contributed by atoms with van der Waals surface area (Å²) in [5, 5.41) is 0. The van der Waals surface area contributed by atoms with Crippen LogP contribution in [0.25, 0.3) is 70.4 Å². The Kier molecular flexibility index (Phi) is 41.9. The normalized spacial score (nSPS) is 14.1. The van der Waals surface area contributed by atoms with E-state index in [0.29, 0.717) is 36.1 Å². The van der Waals surface area contributed by atoms with Crippen molar-refractivity contribution in [1.29, 1.82) is 0 Å². The largest absolute Gasteiger partial charge is 0.307 e. The second kappa shape index (κ2) is 51.9. The lowest BCUT2D eigenvalue weighted by Crippen LogP contribution is -2.34. The Labute approximate surface area is 731 Å². The van der Waals surface area contributed by atoms with Crippen molar-refractivity contribution < 1.29 is 9.59 Å². The van der Waals surface area contributed by atoms with E-state index in [9.17, 15) is 0 Å². The Morgan fingerprint density at radius 2 is 0.560 bits per heavy atom. The second-order valence-corrected chi connectivity index (χ2v) is 42.0. The van der Waals surface area contributed by atoms with Crippen LogP contribution in [0.15, 0.2) is 84.9 Å². The first-order chi connectivity index (χ1) is 56.9. The molecule has 636 valence electrons. The van der Waals surface area contributed by atoms with E-state index in [4.69, 9.17) is 0 Å². The molecule has 2 amide bonds. The number of aryl methyl sites for hydroxylation is 6. The van der Waals surface area contributed by atoms with E-state index < -0.39 is 0 Å². The van der Waals surface area contributed by atoms with Crippen LogP contribution in [0.4, 0.5) is 11.4 Å². The van der Waals surface area contributed by atoms with Gasteiger partial charge in [-0.25, -0.2) is 0 Å². The maximum atomic E-state index is 16.3. The minimum Gasteiger partial charge on any atom is -0.307 e. The van der Waals surface area contributed by atoms with Crippen molar-refractivity contribution in [2.45, 2.75) is 403 Å². The van der Waals surface area contributed by atoms with Crippen molar-refractivity contribution in [1.82, 2.24) is 0 Å². The Hall–Kier alpha value is -4.68. The third-order valence-corrected chi connectivity index (χ3v) is 33.1. The summed E-state index contributed by atoms with van der Waals surface area (Å²) in [6.45, 7) is 24.4. The van der Waals surface area contributed by atoms with Crippen LogP contribution in [-0.4, -0.2) is 24.9 Å². The highest BCUT2D eigenvalue weighted by atomic mass is 32.1. The van der Waals surface area contributed by atoms with Crippen LogP contribution in [0.5, 0.6) is 0 Å². The van der Waals surface area contributed by atoms with Crippen molar-refractivity contribution in [3.8, 4) is 59.2 Å². The van der Waals surface area contributed by atoms with Crippen LogP contribution < -0.4 is 9.80 Å². The van der Waals surface area contributed by atoms with Gasteiger partial charge in [0, 0.05) is 82.7 Å². The zero-order valence-corrected chi connectivity index (χ0v) is 79.5. The zero-order chi connectivity index (χ0) is 81.6. The van der Waals surface area contributed by atoms with Gasteiger partial charge in [-0.3, -0.25) is 9.59 Å². The molecular formula is C106H154N2O2S6. The Bertz CT molecular complexity index is 4190. The van der Waals surface area contributed by atoms with Gasteiger partial charge in [-0.2, -0.15) is 0 Å². The van der Waals surface area contributed by atoms with Crippen molar-refractivity contribution in [3.63, 3.8) is 0 Å². The second-order valence-electron chi connectivity index (χ2n) is 35.4. The molecule has 8 heterocycles. The molecule has 8 aromatic rings. The minimum absolute atomic E-state index is 0.0237. The molecule has 0 saturated heterocycles. The van der Waals surface area contributed by atoms with Crippen molar-refractivity contribution in [2.24, 2.45) is 11.8 Å². The number of unbranched alkanes of at least 4 members (excludes halogenated alkanes) is 36. The molecule has 2 aliphatic heterocycles. The number of fused-ring (bicyclic) bond motifs is 2. The average Bonchev–Trinajstić information content (AvgIpc) is 1.57. The molecule has 2 atom stereocenters. The molecule has 0 radical (unpaired) electrons. The monoisotopic (exact) mass is 1680 g/mol. The number of hydrogen-bond donors (Lipinski definition) is 0. The molecule has 6 aromatic heterocycles. The fourth-order valence-electron chi connectivity index (χ4n) is 18.4. The van der Waals surface area contributed by atoms with Crippen LogP contribution >= 0.6 is 68.0 Å². The molecule has 4 nitrogen and oxygen atoms in total. The summed E-state index contributed by atoms with van der Waals surface area (Å²) in [4.78, 5) is 53.8. The molecule has 0 spiro atoms. The summed E-state index contributed by atoms with van der Waals surface area (Å²) in [6, 6.07) is 33.8. The van der Waals surface area contributed by atoms with E-state index in [2.05, 4.69) is 187 Å². The number of carbonyl (C=O) groups is 2. The highest BCUT2D eigenvalue weighted by Crippen LogP contribution is 2.54. The number of benzene rings is 2. The predicted octanol–water partition coefficient (Wildman–Crippen LogP) is 36.6. The highest BCUT2D eigenvalue weighted by molar-refractivity contribution is 7.31. The first-order valence-corrected chi connectivity index (χ1v) is 53.2. The lowest BCUT2D eigenvalue weighted by molar-refractivity contribution is -0.114. The SMILES string of the molecule is CCCCCCCCc1cc(C)sc1-c1cc(CCCCCCCC)c(-c2ccc(-c3ccc(-c4sc(-c5sc(-c6ccc7c(c6)N(CC(CCCCCC)CCCCCCCC)C(=O)/C7=C6/C(=O)N(CC(CCCCCC)CCCCCCCC)c7cc(C)ccc76)cc5CCCCCCCC)cc4CCCCCCCC)s3)s2)s1. The molecule has 2 aliphatic rings. The molecular weight excluding hydrogens is 1530 g/mol. The molecule has 0 N–H and O–H groups in total. The first kappa shape index (κ1) is 93.6. The van der Waals surface area contributed by atoms with E-state index in [-0.39, 0.29) is 11.8 Å². The molecule has 2 aromatic carbocycles. The van der Waals surface area contributed by atoms with Gasteiger partial charge in [0.2, 0.25) is 0 Å². The maximum Gasteiger partial charge on any atom is 0.259 e. The van der Waals surface area contributed by atoms with Crippen molar-refractivity contribution >= 4 is 102 Å². The summed E-state index contributed by atoms with van der Waals surface area (Å²) in [7, 11) is 0. The van der Waals surface area contributed by atoms with E-state index in [1.807, 2.05) is 45.3 Å². The van der Waals surface area contributed by atoms with Gasteiger partial charge >= 0.3 is 0 Å². The number of thiophene rings is 6. The predicted molar refractivity (Wildman–Crippen MR) is 523 cm³/mol. The number of nitrogens with zero attached hydrogens (tertiary/aromatic N) is 2. The third-order valence-electron chi connectivity index (χ3n) is 25.4. The fourth-order valence-corrected chi connectivity index (χ4v) is 25.8. The number of amides is 2. The summed E-state index contributed by atoms with van der Waals surface area (Å²) >= 11 is 12.2. The molecule has 10 rings (SSSR count). The highest BCUT2D eigenvalue weighted by Gasteiger charge is 2.43. The van der Waals surface area contributed by atoms with Crippen LogP contribution in [0.3, 0.4) is 0 Å². The maximum absolute atomic E-state index is 16.3. The van der Waals surface area contributed by atoms with E-state index in [1.165, 1.54) is 364 Å². The van der Waals surface area contributed by atoms with Gasteiger partial charge in [0.05, 0.1) is 22.5 Å². The number of anilines is 2.